The van der Waals surface area contributed by atoms with Crippen molar-refractivity contribution in [3.05, 3.63) is 101 Å². The maximum Gasteiger partial charge on any atom is 0.416 e. The number of benzene rings is 3. The summed E-state index contributed by atoms with van der Waals surface area (Å²) in [5.74, 6) is -0.180. The average molecular weight is 513 g/mol. The number of carbonyl (C=O) groups excluding carboxylic acids is 1. The van der Waals surface area contributed by atoms with Gasteiger partial charge in [0.25, 0.3) is 5.91 Å². The van der Waals surface area contributed by atoms with Crippen molar-refractivity contribution in [1.29, 1.82) is 0 Å². The van der Waals surface area contributed by atoms with E-state index in [9.17, 15) is 22.4 Å². The summed E-state index contributed by atoms with van der Waals surface area (Å²) in [6.45, 7) is 2.17. The fourth-order valence-electron chi connectivity index (χ4n) is 3.87. The van der Waals surface area contributed by atoms with E-state index in [0.29, 0.717) is 30.2 Å². The van der Waals surface area contributed by atoms with Gasteiger partial charge in [-0.05, 0) is 48.4 Å². The van der Waals surface area contributed by atoms with Crippen LogP contribution in [0.15, 0.2) is 77.2 Å². The van der Waals surface area contributed by atoms with Gasteiger partial charge in [0.15, 0.2) is 5.88 Å². The third kappa shape index (κ3) is 5.77. The molecular formula is C28H24F4N2O3. The molecule has 3 aromatic carbocycles. The van der Waals surface area contributed by atoms with Crippen molar-refractivity contribution >= 4 is 17.5 Å². The van der Waals surface area contributed by atoms with Gasteiger partial charge in [0.05, 0.1) is 23.9 Å². The van der Waals surface area contributed by atoms with Crippen LogP contribution in [0.3, 0.4) is 0 Å². The van der Waals surface area contributed by atoms with Crippen molar-refractivity contribution in [2.75, 3.05) is 17.7 Å². The summed E-state index contributed by atoms with van der Waals surface area (Å²) in [4.78, 5) is 13.4. The Labute approximate surface area is 211 Å². The molecule has 1 aromatic heterocycles. The molecule has 0 saturated heterocycles. The Kier molecular flexibility index (Phi) is 7.52. The summed E-state index contributed by atoms with van der Waals surface area (Å²) in [5.41, 5.74) is 0.960. The van der Waals surface area contributed by atoms with Crippen LogP contribution in [0, 0.1) is 5.82 Å². The van der Waals surface area contributed by atoms with Gasteiger partial charge in [-0.15, -0.1) is 0 Å². The highest BCUT2D eigenvalue weighted by Crippen LogP contribution is 2.38. The molecule has 0 aliphatic rings. The molecule has 0 aliphatic heterocycles. The monoisotopic (exact) mass is 512 g/mol. The number of furan rings is 1. The number of halogens is 4. The molecule has 0 spiro atoms. The normalized spacial score (nSPS) is 11.3. The molecule has 9 heteroatoms. The largest absolute Gasteiger partial charge is 0.497 e. The van der Waals surface area contributed by atoms with Crippen LogP contribution in [-0.2, 0) is 19.1 Å². The van der Waals surface area contributed by atoms with Gasteiger partial charge in [0.1, 0.15) is 17.3 Å². The maximum absolute atomic E-state index is 14.2. The van der Waals surface area contributed by atoms with E-state index in [2.05, 4.69) is 10.6 Å². The molecule has 4 rings (SSSR count). The number of rotatable bonds is 8. The molecule has 5 nitrogen and oxygen atoms in total. The smallest absolute Gasteiger partial charge is 0.416 e. The summed E-state index contributed by atoms with van der Waals surface area (Å²) in [6, 6.07) is 17.4. The van der Waals surface area contributed by atoms with Crippen LogP contribution in [0.4, 0.5) is 29.1 Å². The standard InChI is InChI=1S/C28H24F4N2O3/c1-3-21-24(26(35)34-23-7-5-4-6-22(23)29)25(18-10-12-19(13-11-18)28(30,31)32)37-27(21)33-16-17-8-14-20(36-2)15-9-17/h4-15,33H,3,16H2,1-2H3,(H,34,35). The zero-order valence-electron chi connectivity index (χ0n) is 20.1. The first-order valence-electron chi connectivity index (χ1n) is 11.5. The fraction of sp³-hybridized carbons (Fsp3) is 0.179. The van der Waals surface area contributed by atoms with E-state index in [4.69, 9.17) is 9.15 Å². The number of methoxy groups -OCH3 is 1. The van der Waals surface area contributed by atoms with Crippen LogP contribution in [0.1, 0.15) is 34.0 Å². The Morgan fingerprint density at radius 1 is 0.973 bits per heavy atom. The van der Waals surface area contributed by atoms with Crippen LogP contribution in [0.2, 0.25) is 0 Å². The summed E-state index contributed by atoms with van der Waals surface area (Å²) in [7, 11) is 1.57. The molecule has 0 radical (unpaired) electrons. The van der Waals surface area contributed by atoms with Gasteiger partial charge >= 0.3 is 6.18 Å². The summed E-state index contributed by atoms with van der Waals surface area (Å²) in [6.07, 6.45) is -4.14. The third-order valence-corrected chi connectivity index (χ3v) is 5.80. The van der Waals surface area contributed by atoms with Gasteiger partial charge in [-0.1, -0.05) is 43.3 Å². The number of hydrogen-bond acceptors (Lipinski definition) is 4. The first-order chi connectivity index (χ1) is 17.7. The first-order valence-corrected chi connectivity index (χ1v) is 11.5. The second-order valence-corrected chi connectivity index (χ2v) is 8.18. The highest BCUT2D eigenvalue weighted by atomic mass is 19.4. The maximum atomic E-state index is 14.2. The van der Waals surface area contributed by atoms with Gasteiger partial charge in [-0.25, -0.2) is 4.39 Å². The van der Waals surface area contributed by atoms with E-state index in [-0.39, 0.29) is 22.6 Å². The lowest BCUT2D eigenvalue weighted by Crippen LogP contribution is -2.15. The Morgan fingerprint density at radius 2 is 1.65 bits per heavy atom. The number of anilines is 2. The molecule has 192 valence electrons. The molecule has 1 amide bonds. The molecule has 2 N–H and O–H groups in total. The number of alkyl halides is 3. The molecule has 37 heavy (non-hydrogen) atoms. The van der Waals surface area contributed by atoms with Gasteiger partial charge < -0.3 is 19.8 Å². The van der Waals surface area contributed by atoms with E-state index >= 15 is 0 Å². The van der Waals surface area contributed by atoms with Gasteiger partial charge in [-0.2, -0.15) is 13.2 Å². The second kappa shape index (κ2) is 10.8. The number of ether oxygens (including phenoxy) is 1. The zero-order valence-corrected chi connectivity index (χ0v) is 20.1. The number of amides is 1. The molecule has 4 aromatic rings. The number of hydrogen-bond donors (Lipinski definition) is 2. The predicted molar refractivity (Wildman–Crippen MR) is 133 cm³/mol. The van der Waals surface area contributed by atoms with Crippen LogP contribution >= 0.6 is 0 Å². The van der Waals surface area contributed by atoms with Crippen molar-refractivity contribution in [3.8, 4) is 17.1 Å². The molecule has 0 aliphatic carbocycles. The molecular weight excluding hydrogens is 488 g/mol. The Morgan fingerprint density at radius 3 is 2.24 bits per heavy atom. The highest BCUT2D eigenvalue weighted by Gasteiger charge is 2.31. The Hall–Kier alpha value is -4.27. The minimum atomic E-state index is -4.51. The van der Waals surface area contributed by atoms with Crippen molar-refractivity contribution in [3.63, 3.8) is 0 Å². The zero-order chi connectivity index (χ0) is 26.6. The minimum Gasteiger partial charge on any atom is -0.497 e. The summed E-state index contributed by atoms with van der Waals surface area (Å²) >= 11 is 0. The highest BCUT2D eigenvalue weighted by molar-refractivity contribution is 6.10. The van der Waals surface area contributed by atoms with Crippen LogP contribution in [0.25, 0.3) is 11.3 Å². The second-order valence-electron chi connectivity index (χ2n) is 8.18. The lowest BCUT2D eigenvalue weighted by atomic mass is 10.0. The van der Waals surface area contributed by atoms with E-state index in [1.165, 1.54) is 30.3 Å². The van der Waals surface area contributed by atoms with E-state index in [1.807, 2.05) is 19.1 Å². The number of para-hydroxylation sites is 1. The van der Waals surface area contributed by atoms with Crippen molar-refractivity contribution in [1.82, 2.24) is 0 Å². The summed E-state index contributed by atoms with van der Waals surface area (Å²) in [5, 5.41) is 5.72. The Balaban J connectivity index is 1.73. The van der Waals surface area contributed by atoms with Gasteiger partial charge in [0.2, 0.25) is 0 Å². The lowest BCUT2D eigenvalue weighted by Gasteiger charge is -2.10. The van der Waals surface area contributed by atoms with E-state index in [1.54, 1.807) is 25.3 Å². The molecule has 0 bridgehead atoms. The molecule has 0 atom stereocenters. The third-order valence-electron chi connectivity index (χ3n) is 5.80. The number of carbonyl (C=O) groups is 1. The molecule has 1 heterocycles. The van der Waals surface area contributed by atoms with Crippen LogP contribution in [0.5, 0.6) is 5.75 Å². The quantitative estimate of drug-likeness (QED) is 0.240. The van der Waals surface area contributed by atoms with Gasteiger partial charge in [0, 0.05) is 17.7 Å². The minimum absolute atomic E-state index is 0.0261. The number of nitrogens with one attached hydrogen (secondary N) is 2. The van der Waals surface area contributed by atoms with Gasteiger partial charge in [-0.3, -0.25) is 4.79 Å². The topological polar surface area (TPSA) is 63.5 Å². The van der Waals surface area contributed by atoms with E-state index in [0.717, 1.165) is 17.7 Å². The summed E-state index contributed by atoms with van der Waals surface area (Å²) < 4.78 is 64.7. The van der Waals surface area contributed by atoms with Crippen molar-refractivity contribution in [2.45, 2.75) is 26.1 Å². The van der Waals surface area contributed by atoms with Crippen LogP contribution in [-0.4, -0.2) is 13.0 Å². The molecule has 0 fully saturated rings. The van der Waals surface area contributed by atoms with Crippen LogP contribution < -0.4 is 15.4 Å². The van der Waals surface area contributed by atoms with Crippen molar-refractivity contribution < 1.29 is 31.5 Å². The predicted octanol–water partition coefficient (Wildman–Crippen LogP) is 7.54. The Bertz CT molecular complexity index is 1380. The lowest BCUT2D eigenvalue weighted by molar-refractivity contribution is -0.137. The van der Waals surface area contributed by atoms with Crippen molar-refractivity contribution in [2.24, 2.45) is 0 Å². The molecule has 0 saturated carbocycles. The fourth-order valence-corrected chi connectivity index (χ4v) is 3.87. The first kappa shape index (κ1) is 25.8. The average Bonchev–Trinajstić information content (AvgIpc) is 3.27. The SMILES string of the molecule is CCc1c(NCc2ccc(OC)cc2)oc(-c2ccc(C(F)(F)F)cc2)c1C(=O)Nc1ccccc1F. The van der Waals surface area contributed by atoms with E-state index < -0.39 is 23.5 Å². The molecule has 0 unspecified atom stereocenters.